The summed E-state index contributed by atoms with van der Waals surface area (Å²) in [6.07, 6.45) is 12.3. The summed E-state index contributed by atoms with van der Waals surface area (Å²) in [4.78, 5) is 0. The molecule has 0 aliphatic rings. The fourth-order valence-electron chi connectivity index (χ4n) is 2.60. The summed E-state index contributed by atoms with van der Waals surface area (Å²) in [6.45, 7) is 2.55. The largest absolute Gasteiger partial charge is 0.271 e. The molecule has 1 aromatic carbocycles. The Hall–Kier alpha value is 0.701. The maximum Gasteiger partial charge on any atom is 0.271 e. The fraction of sp³-hybridized carbons (Fsp3) is 0.684. The van der Waals surface area contributed by atoms with E-state index in [0.29, 0.717) is 6.61 Å². The Balaban J connectivity index is 0.00000529. The maximum atomic E-state index is 11.8. The van der Waals surface area contributed by atoms with Gasteiger partial charge in [0.2, 0.25) is 0 Å². The number of unbranched alkanes of at least 4 members (excludes halogenated alkanes) is 9. The molecule has 0 saturated carbocycles. The minimum Gasteiger partial charge on any atom is -0.270 e. The van der Waals surface area contributed by atoms with Gasteiger partial charge in [-0.15, -0.1) is 0 Å². The van der Waals surface area contributed by atoms with E-state index in [9.17, 15) is 8.42 Å². The molecule has 1 aromatic rings. The van der Waals surface area contributed by atoms with Crippen LogP contribution in [0, 0.1) is 0 Å². The zero-order valence-corrected chi connectivity index (χ0v) is 20.5. The quantitative estimate of drug-likeness (QED) is 0.213. The van der Waals surface area contributed by atoms with E-state index >= 15 is 0 Å². The van der Waals surface area contributed by atoms with E-state index in [0.717, 1.165) is 18.4 Å². The summed E-state index contributed by atoms with van der Waals surface area (Å²) in [5.74, 6) is -0.0361. The number of hydrogen-bond acceptors (Lipinski definition) is 3. The van der Waals surface area contributed by atoms with Crippen LogP contribution < -0.4 is 0 Å². The second-order valence-corrected chi connectivity index (χ2v) is 7.83. The molecule has 0 spiro atoms. The van der Waals surface area contributed by atoms with E-state index in [1.807, 2.05) is 18.2 Å². The maximum absolute atomic E-state index is 11.8. The zero-order chi connectivity index (χ0) is 16.8. The van der Waals surface area contributed by atoms with Gasteiger partial charge in [0.05, 0.1) is 6.61 Å². The molecule has 0 unspecified atom stereocenters. The molecule has 134 valence electrons. The summed E-state index contributed by atoms with van der Waals surface area (Å²) in [5, 5.41) is 0. The monoisotopic (exact) mass is 478 g/mol. The molecular weight excluding hydrogens is 446 g/mol. The first-order valence-corrected chi connectivity index (χ1v) is 10.6. The zero-order valence-electron chi connectivity index (χ0n) is 15.2. The van der Waals surface area contributed by atoms with Crippen molar-refractivity contribution in [3.05, 3.63) is 35.9 Å². The van der Waals surface area contributed by atoms with E-state index in [2.05, 4.69) is 6.92 Å². The molecule has 0 aliphatic carbocycles. The molecule has 0 amide bonds. The molecule has 0 aromatic heterocycles. The number of benzene rings is 1. The smallest absolute Gasteiger partial charge is 0.270 e. The SMILES string of the molecule is CCCCCCCCCCCCOS(=O)(=O)Cc1ccccc1.[Ba]. The summed E-state index contributed by atoms with van der Waals surface area (Å²) >= 11 is 0. The van der Waals surface area contributed by atoms with Crippen molar-refractivity contribution in [1.29, 1.82) is 0 Å². The molecule has 3 nitrogen and oxygen atoms in total. The Labute approximate surface area is 189 Å². The van der Waals surface area contributed by atoms with Crippen LogP contribution in [0.1, 0.15) is 76.7 Å². The second-order valence-electron chi connectivity index (χ2n) is 6.19. The van der Waals surface area contributed by atoms with E-state index < -0.39 is 10.1 Å². The normalized spacial score (nSPS) is 11.2. The van der Waals surface area contributed by atoms with Gasteiger partial charge < -0.3 is 0 Å². The van der Waals surface area contributed by atoms with Gasteiger partial charge in [0.1, 0.15) is 5.75 Å². The molecule has 0 saturated heterocycles. The van der Waals surface area contributed by atoms with Crippen molar-refractivity contribution in [3.8, 4) is 0 Å². The molecular formula is C19H32BaO3S. The van der Waals surface area contributed by atoms with Crippen LogP contribution in [-0.4, -0.2) is 63.9 Å². The topological polar surface area (TPSA) is 43.4 Å². The van der Waals surface area contributed by atoms with Crippen LogP contribution in [-0.2, 0) is 20.1 Å². The van der Waals surface area contributed by atoms with Crippen molar-refractivity contribution in [2.24, 2.45) is 0 Å². The van der Waals surface area contributed by atoms with Gasteiger partial charge >= 0.3 is 0 Å². The van der Waals surface area contributed by atoms with Gasteiger partial charge in [-0.3, -0.25) is 4.18 Å². The summed E-state index contributed by atoms with van der Waals surface area (Å²) in [6, 6.07) is 9.17. The van der Waals surface area contributed by atoms with Crippen LogP contribution in [0.3, 0.4) is 0 Å². The molecule has 1 rings (SSSR count). The average molecular weight is 478 g/mol. The summed E-state index contributed by atoms with van der Waals surface area (Å²) in [7, 11) is -3.44. The molecule has 0 fully saturated rings. The third kappa shape index (κ3) is 13.9. The second kappa shape index (κ2) is 15.9. The Morgan fingerprint density at radius 1 is 0.792 bits per heavy atom. The van der Waals surface area contributed by atoms with Gasteiger partial charge in [0.25, 0.3) is 10.1 Å². The molecule has 0 N–H and O–H groups in total. The molecule has 2 radical (unpaired) electrons. The van der Waals surface area contributed by atoms with Gasteiger partial charge in [-0.2, -0.15) is 8.42 Å². The van der Waals surface area contributed by atoms with Crippen LogP contribution in [0.15, 0.2) is 30.3 Å². The third-order valence-electron chi connectivity index (χ3n) is 3.95. The van der Waals surface area contributed by atoms with E-state index in [4.69, 9.17) is 4.18 Å². The van der Waals surface area contributed by atoms with Crippen LogP contribution in [0.25, 0.3) is 0 Å². The van der Waals surface area contributed by atoms with Crippen molar-refractivity contribution < 1.29 is 12.6 Å². The van der Waals surface area contributed by atoms with Crippen molar-refractivity contribution in [2.75, 3.05) is 6.61 Å². The van der Waals surface area contributed by atoms with Crippen molar-refractivity contribution in [2.45, 2.75) is 76.9 Å². The Morgan fingerprint density at radius 2 is 1.29 bits per heavy atom. The predicted octanol–water partition coefficient (Wildman–Crippen LogP) is 5.07. The standard InChI is InChI=1S/C19H32O3S.Ba/c1-2-3-4-5-6-7-8-9-10-14-17-22-23(20,21)18-19-15-12-11-13-16-19;/h11-13,15-16H,2-10,14,17-18H2,1H3;. The van der Waals surface area contributed by atoms with E-state index in [1.54, 1.807) is 12.1 Å². The molecule has 0 atom stereocenters. The molecule has 24 heavy (non-hydrogen) atoms. The van der Waals surface area contributed by atoms with Crippen LogP contribution >= 0.6 is 0 Å². The third-order valence-corrected chi connectivity index (χ3v) is 5.16. The van der Waals surface area contributed by atoms with Crippen LogP contribution in [0.4, 0.5) is 0 Å². The van der Waals surface area contributed by atoms with Crippen LogP contribution in [0.2, 0.25) is 0 Å². The minimum absolute atomic E-state index is 0. The predicted molar refractivity (Wildman–Crippen MR) is 103 cm³/mol. The number of hydrogen-bond donors (Lipinski definition) is 0. The molecule has 0 aliphatic heterocycles. The molecule has 0 bridgehead atoms. The first-order chi connectivity index (χ1) is 11.1. The van der Waals surface area contributed by atoms with Gasteiger partial charge in [-0.1, -0.05) is 95.0 Å². The minimum atomic E-state index is -3.44. The summed E-state index contributed by atoms with van der Waals surface area (Å²) < 4.78 is 28.8. The first kappa shape index (κ1) is 24.7. The van der Waals surface area contributed by atoms with Crippen molar-refractivity contribution in [1.82, 2.24) is 0 Å². The fourth-order valence-corrected chi connectivity index (χ4v) is 3.65. The van der Waals surface area contributed by atoms with Gasteiger partial charge in [0.15, 0.2) is 0 Å². The van der Waals surface area contributed by atoms with E-state index in [-0.39, 0.29) is 54.6 Å². The van der Waals surface area contributed by atoms with Crippen molar-refractivity contribution in [3.63, 3.8) is 0 Å². The Kier molecular flexibility index (Phi) is 16.4. The van der Waals surface area contributed by atoms with Gasteiger partial charge in [-0.05, 0) is 12.0 Å². The van der Waals surface area contributed by atoms with Crippen LogP contribution in [0.5, 0.6) is 0 Å². The van der Waals surface area contributed by atoms with E-state index in [1.165, 1.54) is 51.4 Å². The summed E-state index contributed by atoms with van der Waals surface area (Å²) in [5.41, 5.74) is 0.774. The Bertz CT molecular complexity index is 489. The number of rotatable bonds is 14. The van der Waals surface area contributed by atoms with Gasteiger partial charge in [0, 0.05) is 48.9 Å². The Morgan fingerprint density at radius 3 is 1.83 bits per heavy atom. The average Bonchev–Trinajstić information content (AvgIpc) is 2.53. The molecule has 5 heteroatoms. The first-order valence-electron chi connectivity index (χ1n) is 9.05. The van der Waals surface area contributed by atoms with Crippen molar-refractivity contribution >= 4 is 59.0 Å². The van der Waals surface area contributed by atoms with Gasteiger partial charge in [-0.25, -0.2) is 0 Å². The molecule has 0 heterocycles.